The first-order valence-electron chi connectivity index (χ1n) is 12.0. The number of aliphatic hydroxyl groups excluding tert-OH is 1. The van der Waals surface area contributed by atoms with Crippen LogP contribution in [0, 0.1) is 0 Å². The summed E-state index contributed by atoms with van der Waals surface area (Å²) in [6.45, 7) is 3.43. The van der Waals surface area contributed by atoms with Crippen LogP contribution in [-0.4, -0.2) is 51.7 Å². The maximum Gasteiger partial charge on any atom is 0.267 e. The highest BCUT2D eigenvalue weighted by Gasteiger charge is 2.20. The van der Waals surface area contributed by atoms with Crippen molar-refractivity contribution in [1.82, 2.24) is 14.5 Å². The van der Waals surface area contributed by atoms with Gasteiger partial charge in [-0.2, -0.15) is 0 Å². The number of benzene rings is 2. The minimum atomic E-state index is -0.214. The first-order valence-corrected chi connectivity index (χ1v) is 13.2. The number of aryl methyl sites for hydroxylation is 1. The number of nitrogens with zero attached hydrogens (tertiary/aromatic N) is 3. The Kier molecular flexibility index (Phi) is 7.20. The third kappa shape index (κ3) is 5.28. The predicted octanol–water partition coefficient (Wildman–Crippen LogP) is 5.38. The van der Waals surface area contributed by atoms with Gasteiger partial charge in [0, 0.05) is 54.5 Å². The van der Waals surface area contributed by atoms with Crippen molar-refractivity contribution < 1.29 is 9.90 Å². The Bertz CT molecular complexity index is 1340. The summed E-state index contributed by atoms with van der Waals surface area (Å²) in [5.41, 5.74) is 4.67. The topological polar surface area (TPSA) is 70.4 Å². The number of likely N-dealkylation sites (tertiary alicyclic amines) is 1. The van der Waals surface area contributed by atoms with E-state index in [-0.39, 0.29) is 12.5 Å². The molecule has 0 radical (unpaired) electrons. The lowest BCUT2D eigenvalue weighted by Gasteiger charge is -2.13. The normalized spacial score (nSPS) is 14.1. The fourth-order valence-electron chi connectivity index (χ4n) is 4.74. The predicted molar refractivity (Wildman–Crippen MR) is 144 cm³/mol. The van der Waals surface area contributed by atoms with Gasteiger partial charge in [-0.3, -0.25) is 4.79 Å². The Labute approximate surface area is 214 Å². The number of amides is 1. The Balaban J connectivity index is 1.36. The molecule has 0 atom stereocenters. The molecule has 1 amide bonds. The van der Waals surface area contributed by atoms with Gasteiger partial charge in [0.2, 0.25) is 0 Å². The average molecular weight is 509 g/mol. The lowest BCUT2D eigenvalue weighted by atomic mass is 10.1. The molecule has 0 saturated carbocycles. The van der Waals surface area contributed by atoms with Gasteiger partial charge in [0.15, 0.2) is 0 Å². The Morgan fingerprint density at radius 3 is 2.66 bits per heavy atom. The van der Waals surface area contributed by atoms with E-state index in [2.05, 4.69) is 32.0 Å². The van der Waals surface area contributed by atoms with Gasteiger partial charge < -0.3 is 19.9 Å². The van der Waals surface area contributed by atoms with Crippen LogP contribution in [0.15, 0.2) is 48.7 Å². The molecule has 2 aromatic heterocycles. The highest BCUT2D eigenvalue weighted by atomic mass is 35.5. The summed E-state index contributed by atoms with van der Waals surface area (Å²) in [5.74, 6) is -0.214. The minimum Gasteiger partial charge on any atom is -0.396 e. The van der Waals surface area contributed by atoms with Gasteiger partial charge >= 0.3 is 0 Å². The average Bonchev–Trinajstić information content (AvgIpc) is 3.58. The van der Waals surface area contributed by atoms with Gasteiger partial charge in [-0.15, -0.1) is 11.3 Å². The molecule has 8 heteroatoms. The maximum absolute atomic E-state index is 13.2. The zero-order chi connectivity index (χ0) is 24.4. The first kappa shape index (κ1) is 24.0. The smallest absolute Gasteiger partial charge is 0.267 e. The number of carbonyl (C=O) groups is 1. The third-order valence-electron chi connectivity index (χ3n) is 6.57. The number of carbonyl (C=O) groups excluding carboxylic acids is 1. The van der Waals surface area contributed by atoms with E-state index in [4.69, 9.17) is 11.6 Å². The molecule has 35 heavy (non-hydrogen) atoms. The Morgan fingerprint density at radius 1 is 1.14 bits per heavy atom. The summed E-state index contributed by atoms with van der Waals surface area (Å²) >= 11 is 7.34. The van der Waals surface area contributed by atoms with E-state index in [1.165, 1.54) is 48.2 Å². The second-order valence-corrected chi connectivity index (χ2v) is 10.5. The molecule has 1 aliphatic heterocycles. The molecule has 182 valence electrons. The molecule has 0 aliphatic carbocycles. The summed E-state index contributed by atoms with van der Waals surface area (Å²) in [4.78, 5) is 20.9. The van der Waals surface area contributed by atoms with Crippen molar-refractivity contribution in [2.24, 2.45) is 7.05 Å². The van der Waals surface area contributed by atoms with E-state index in [1.807, 2.05) is 31.3 Å². The number of nitrogens with one attached hydrogen (secondary N) is 1. The summed E-state index contributed by atoms with van der Waals surface area (Å²) in [6, 6.07) is 13.5. The molecule has 0 unspecified atom stereocenters. The van der Waals surface area contributed by atoms with Crippen molar-refractivity contribution in [3.8, 4) is 10.6 Å². The van der Waals surface area contributed by atoms with Gasteiger partial charge in [-0.05, 0) is 62.2 Å². The number of aliphatic hydroxyl groups is 1. The second kappa shape index (κ2) is 10.5. The number of halogens is 1. The molecular weight excluding hydrogens is 480 g/mol. The number of hydrogen-bond donors (Lipinski definition) is 2. The number of thiazole rings is 1. The van der Waals surface area contributed by atoms with Gasteiger partial charge in [0.05, 0.1) is 11.2 Å². The van der Waals surface area contributed by atoms with Crippen molar-refractivity contribution in [2.45, 2.75) is 25.7 Å². The van der Waals surface area contributed by atoms with E-state index in [9.17, 15) is 9.90 Å². The largest absolute Gasteiger partial charge is 0.396 e. The number of rotatable bonds is 8. The first-order chi connectivity index (χ1) is 17.0. The van der Waals surface area contributed by atoms with Gasteiger partial charge in [-0.25, -0.2) is 4.98 Å². The molecule has 1 aliphatic rings. The van der Waals surface area contributed by atoms with E-state index in [0.29, 0.717) is 22.0 Å². The van der Waals surface area contributed by atoms with Crippen molar-refractivity contribution in [3.05, 3.63) is 69.8 Å². The van der Waals surface area contributed by atoms with Crippen molar-refractivity contribution in [3.63, 3.8) is 0 Å². The van der Waals surface area contributed by atoms with Crippen LogP contribution in [0.2, 0.25) is 5.02 Å². The summed E-state index contributed by atoms with van der Waals surface area (Å²) in [6.07, 6.45) is 6.17. The Morgan fingerprint density at radius 2 is 1.91 bits per heavy atom. The number of fused-ring (bicyclic) bond motifs is 1. The molecule has 4 aromatic rings. The van der Waals surface area contributed by atoms with E-state index in [1.54, 1.807) is 12.1 Å². The van der Waals surface area contributed by atoms with Crippen molar-refractivity contribution in [1.29, 1.82) is 0 Å². The summed E-state index contributed by atoms with van der Waals surface area (Å²) in [7, 11) is 2.05. The zero-order valence-corrected chi connectivity index (χ0v) is 21.3. The molecule has 0 spiro atoms. The molecule has 6 nitrogen and oxygen atoms in total. The van der Waals surface area contributed by atoms with E-state index in [0.717, 1.165) is 34.7 Å². The van der Waals surface area contributed by atoms with Crippen LogP contribution in [0.1, 0.15) is 33.8 Å². The molecular formula is C27H29ClN4O2S. The molecule has 1 saturated heterocycles. The van der Waals surface area contributed by atoms with Crippen LogP contribution in [0.5, 0.6) is 0 Å². The molecule has 2 aromatic carbocycles. The molecule has 0 bridgehead atoms. The summed E-state index contributed by atoms with van der Waals surface area (Å²) in [5, 5.41) is 15.2. The van der Waals surface area contributed by atoms with Crippen molar-refractivity contribution in [2.75, 3.05) is 31.6 Å². The number of anilines is 1. The highest BCUT2D eigenvalue weighted by Crippen LogP contribution is 2.31. The monoisotopic (exact) mass is 508 g/mol. The Hall–Kier alpha value is -2.71. The molecule has 1 fully saturated rings. The van der Waals surface area contributed by atoms with Crippen LogP contribution >= 0.6 is 22.9 Å². The van der Waals surface area contributed by atoms with Gasteiger partial charge in [-0.1, -0.05) is 29.8 Å². The molecule has 5 rings (SSSR count). The lowest BCUT2D eigenvalue weighted by molar-refractivity contribution is 0.102. The highest BCUT2D eigenvalue weighted by molar-refractivity contribution is 7.17. The van der Waals surface area contributed by atoms with E-state index < -0.39 is 0 Å². The second-order valence-electron chi connectivity index (χ2n) is 9.03. The quantitative estimate of drug-likeness (QED) is 0.335. The van der Waals surface area contributed by atoms with Crippen LogP contribution in [0.25, 0.3) is 21.5 Å². The fraction of sp³-hybridized carbons (Fsp3) is 0.333. The standard InChI is InChI=1S/C27H29ClN4O2S/c1-31-17-19(10-14-32-12-2-3-13-32)22-9-8-21(16-24(22)31)29-26(34)25-23(11-15-33)30-27(35-25)18-4-6-20(28)7-5-18/h4-9,16-17,33H,2-3,10-15H2,1H3,(H,29,34). The van der Waals surface area contributed by atoms with Gasteiger partial charge in [0.1, 0.15) is 9.88 Å². The molecule has 2 N–H and O–H groups in total. The van der Waals surface area contributed by atoms with E-state index >= 15 is 0 Å². The lowest BCUT2D eigenvalue weighted by Crippen LogP contribution is -2.21. The van der Waals surface area contributed by atoms with Crippen LogP contribution < -0.4 is 5.32 Å². The SMILES string of the molecule is Cn1cc(CCN2CCCC2)c2ccc(NC(=O)c3sc(-c4ccc(Cl)cc4)nc3CCO)cc21. The fourth-order valence-corrected chi connectivity index (χ4v) is 5.88. The number of hydrogen-bond acceptors (Lipinski definition) is 5. The maximum atomic E-state index is 13.2. The van der Waals surface area contributed by atoms with Crippen molar-refractivity contribution >= 4 is 45.4 Å². The van der Waals surface area contributed by atoms with Gasteiger partial charge in [0.25, 0.3) is 5.91 Å². The number of aromatic nitrogens is 2. The van der Waals surface area contributed by atoms with Crippen LogP contribution in [-0.2, 0) is 19.9 Å². The van der Waals surface area contributed by atoms with Crippen LogP contribution in [0.3, 0.4) is 0 Å². The summed E-state index contributed by atoms with van der Waals surface area (Å²) < 4.78 is 2.13. The molecule has 3 heterocycles. The van der Waals surface area contributed by atoms with Crippen LogP contribution in [0.4, 0.5) is 5.69 Å². The minimum absolute atomic E-state index is 0.0699. The zero-order valence-electron chi connectivity index (χ0n) is 19.8. The third-order valence-corrected chi connectivity index (χ3v) is 7.97.